The SMILES string of the molecule is CN(C)c1nc(N(C)C)c([N+](=O)[O-])cc1[N+](=O)[O-]. The molecule has 0 saturated carbocycles. The Kier molecular flexibility index (Phi) is 3.64. The van der Waals surface area contributed by atoms with Gasteiger partial charge in [0.05, 0.1) is 9.85 Å². The fourth-order valence-electron chi connectivity index (χ4n) is 1.40. The maximum atomic E-state index is 10.9. The Hall–Kier alpha value is -2.45. The number of pyridine rings is 1. The molecule has 0 radical (unpaired) electrons. The van der Waals surface area contributed by atoms with Crippen LogP contribution in [0, 0.1) is 20.2 Å². The fourth-order valence-corrected chi connectivity index (χ4v) is 1.40. The van der Waals surface area contributed by atoms with Crippen LogP contribution >= 0.6 is 0 Å². The topological polar surface area (TPSA) is 106 Å². The molecule has 0 fully saturated rings. The second-order valence-electron chi connectivity index (χ2n) is 3.98. The molecule has 0 aliphatic carbocycles. The third kappa shape index (κ3) is 2.44. The highest BCUT2D eigenvalue weighted by Crippen LogP contribution is 2.34. The van der Waals surface area contributed by atoms with E-state index in [9.17, 15) is 20.2 Å². The van der Waals surface area contributed by atoms with Gasteiger partial charge in [-0.15, -0.1) is 0 Å². The van der Waals surface area contributed by atoms with Crippen molar-refractivity contribution in [1.29, 1.82) is 0 Å². The van der Waals surface area contributed by atoms with Gasteiger partial charge in [0, 0.05) is 28.2 Å². The molecule has 9 nitrogen and oxygen atoms in total. The highest BCUT2D eigenvalue weighted by atomic mass is 16.6. The van der Waals surface area contributed by atoms with Crippen molar-refractivity contribution in [2.24, 2.45) is 0 Å². The van der Waals surface area contributed by atoms with E-state index in [1.165, 1.54) is 9.80 Å². The highest BCUT2D eigenvalue weighted by molar-refractivity contribution is 5.70. The monoisotopic (exact) mass is 255 g/mol. The van der Waals surface area contributed by atoms with Crippen LogP contribution in [0.25, 0.3) is 0 Å². The van der Waals surface area contributed by atoms with E-state index in [-0.39, 0.29) is 11.6 Å². The van der Waals surface area contributed by atoms with Gasteiger partial charge in [0.15, 0.2) is 0 Å². The molecular formula is C9H13N5O4. The van der Waals surface area contributed by atoms with Crippen LogP contribution in [0.2, 0.25) is 0 Å². The van der Waals surface area contributed by atoms with E-state index in [0.717, 1.165) is 6.07 Å². The Morgan fingerprint density at radius 2 is 1.28 bits per heavy atom. The lowest BCUT2D eigenvalue weighted by atomic mass is 10.3. The number of anilines is 2. The summed E-state index contributed by atoms with van der Waals surface area (Å²) in [7, 11) is 6.34. The lowest BCUT2D eigenvalue weighted by Crippen LogP contribution is -2.18. The van der Waals surface area contributed by atoms with E-state index in [0.29, 0.717) is 0 Å². The van der Waals surface area contributed by atoms with Crippen LogP contribution in [0.5, 0.6) is 0 Å². The van der Waals surface area contributed by atoms with Gasteiger partial charge in [-0.2, -0.15) is 4.98 Å². The number of rotatable bonds is 4. The third-order valence-electron chi connectivity index (χ3n) is 2.18. The van der Waals surface area contributed by atoms with E-state index in [1.807, 2.05) is 0 Å². The molecule has 0 unspecified atom stereocenters. The van der Waals surface area contributed by atoms with E-state index < -0.39 is 21.2 Å². The van der Waals surface area contributed by atoms with Gasteiger partial charge in [0.25, 0.3) is 0 Å². The first-order valence-corrected chi connectivity index (χ1v) is 4.94. The molecule has 0 aromatic carbocycles. The molecule has 1 aromatic rings. The van der Waals surface area contributed by atoms with Gasteiger partial charge in [-0.3, -0.25) is 20.2 Å². The summed E-state index contributed by atoms with van der Waals surface area (Å²) in [6, 6.07) is 0.928. The van der Waals surface area contributed by atoms with Gasteiger partial charge in [-0.1, -0.05) is 0 Å². The van der Waals surface area contributed by atoms with E-state index in [1.54, 1.807) is 28.2 Å². The maximum absolute atomic E-state index is 10.9. The first-order valence-electron chi connectivity index (χ1n) is 4.94. The normalized spacial score (nSPS) is 10.0. The largest absolute Gasteiger partial charge is 0.357 e. The van der Waals surface area contributed by atoms with E-state index >= 15 is 0 Å². The van der Waals surface area contributed by atoms with Crippen LogP contribution in [0.15, 0.2) is 6.07 Å². The Bertz CT molecular complexity index is 459. The molecule has 9 heteroatoms. The van der Waals surface area contributed by atoms with Crippen molar-refractivity contribution in [1.82, 2.24) is 4.98 Å². The van der Waals surface area contributed by atoms with Crippen molar-refractivity contribution < 1.29 is 9.85 Å². The van der Waals surface area contributed by atoms with Gasteiger partial charge in [-0.05, 0) is 0 Å². The van der Waals surface area contributed by atoms with Crippen LogP contribution in [0.1, 0.15) is 0 Å². The number of hydrogen-bond acceptors (Lipinski definition) is 7. The standard InChI is InChI=1S/C9H13N5O4/c1-11(2)8-6(13(15)16)5-7(14(17)18)9(10-8)12(3)4/h5H,1-4H3. The first-order chi connectivity index (χ1) is 8.25. The molecule has 1 aromatic heterocycles. The zero-order valence-corrected chi connectivity index (χ0v) is 10.4. The molecule has 18 heavy (non-hydrogen) atoms. The van der Waals surface area contributed by atoms with Crippen molar-refractivity contribution in [3.05, 3.63) is 26.3 Å². The summed E-state index contributed by atoms with van der Waals surface area (Å²) in [4.78, 5) is 27.3. The third-order valence-corrected chi connectivity index (χ3v) is 2.18. The van der Waals surface area contributed by atoms with Gasteiger partial charge in [-0.25, -0.2) is 0 Å². The molecule has 1 heterocycles. The van der Waals surface area contributed by atoms with Gasteiger partial charge < -0.3 is 9.80 Å². The summed E-state index contributed by atoms with van der Waals surface area (Å²) in [5.74, 6) is 0.156. The molecule has 0 atom stereocenters. The zero-order valence-electron chi connectivity index (χ0n) is 10.4. The maximum Gasteiger partial charge on any atom is 0.318 e. The summed E-state index contributed by atoms with van der Waals surface area (Å²) in [6.07, 6.45) is 0. The Morgan fingerprint density at radius 1 is 0.944 bits per heavy atom. The number of aromatic nitrogens is 1. The molecular weight excluding hydrogens is 242 g/mol. The van der Waals surface area contributed by atoms with Crippen LogP contribution in [0.3, 0.4) is 0 Å². The van der Waals surface area contributed by atoms with Crippen LogP contribution in [0.4, 0.5) is 23.0 Å². The molecule has 0 amide bonds. The molecule has 0 spiro atoms. The number of nitrogens with zero attached hydrogens (tertiary/aromatic N) is 5. The Balaban J connectivity index is 3.60. The molecule has 0 saturated heterocycles. The van der Waals surface area contributed by atoms with E-state index in [4.69, 9.17) is 0 Å². The minimum Gasteiger partial charge on any atom is -0.357 e. The van der Waals surface area contributed by atoms with Gasteiger partial charge in [0.1, 0.15) is 6.07 Å². The van der Waals surface area contributed by atoms with Crippen molar-refractivity contribution in [2.75, 3.05) is 38.0 Å². The summed E-state index contributed by atoms with van der Waals surface area (Å²) in [5, 5.41) is 21.8. The fraction of sp³-hybridized carbons (Fsp3) is 0.444. The van der Waals surface area contributed by atoms with Gasteiger partial charge in [0.2, 0.25) is 11.6 Å². The zero-order chi connectivity index (χ0) is 14.0. The second-order valence-corrected chi connectivity index (χ2v) is 3.98. The van der Waals surface area contributed by atoms with E-state index in [2.05, 4.69) is 4.98 Å². The summed E-state index contributed by atoms with van der Waals surface area (Å²) in [5.41, 5.74) is -0.783. The van der Waals surface area contributed by atoms with Crippen molar-refractivity contribution in [2.45, 2.75) is 0 Å². The summed E-state index contributed by atoms with van der Waals surface area (Å²) < 4.78 is 0. The molecule has 0 aliphatic heterocycles. The van der Waals surface area contributed by atoms with Gasteiger partial charge >= 0.3 is 11.4 Å². The number of hydrogen-bond donors (Lipinski definition) is 0. The Labute approximate surface area is 103 Å². The minimum atomic E-state index is -0.686. The molecule has 0 bridgehead atoms. The summed E-state index contributed by atoms with van der Waals surface area (Å²) in [6.45, 7) is 0. The lowest BCUT2D eigenvalue weighted by molar-refractivity contribution is -0.393. The highest BCUT2D eigenvalue weighted by Gasteiger charge is 2.28. The molecule has 98 valence electrons. The predicted octanol–water partition coefficient (Wildman–Crippen LogP) is 1.03. The smallest absolute Gasteiger partial charge is 0.318 e. The van der Waals surface area contributed by atoms with Crippen LogP contribution in [-0.2, 0) is 0 Å². The summed E-state index contributed by atoms with van der Waals surface area (Å²) >= 11 is 0. The predicted molar refractivity (Wildman–Crippen MR) is 66.2 cm³/mol. The average Bonchev–Trinajstić information content (AvgIpc) is 2.26. The van der Waals surface area contributed by atoms with Crippen molar-refractivity contribution in [3.8, 4) is 0 Å². The number of nitro groups is 2. The first kappa shape index (κ1) is 13.6. The average molecular weight is 255 g/mol. The van der Waals surface area contributed by atoms with Crippen molar-refractivity contribution >= 4 is 23.0 Å². The quantitative estimate of drug-likeness (QED) is 0.584. The lowest BCUT2D eigenvalue weighted by Gasteiger charge is -2.16. The van der Waals surface area contributed by atoms with Crippen LogP contribution < -0.4 is 9.80 Å². The minimum absolute atomic E-state index is 0.0781. The molecule has 0 N–H and O–H groups in total. The second kappa shape index (κ2) is 4.82. The Morgan fingerprint density at radius 3 is 1.50 bits per heavy atom. The molecule has 0 aliphatic rings. The van der Waals surface area contributed by atoms with Crippen LogP contribution in [-0.4, -0.2) is 43.0 Å². The van der Waals surface area contributed by atoms with Crippen molar-refractivity contribution in [3.63, 3.8) is 0 Å². The molecule has 1 rings (SSSR count).